The van der Waals surface area contributed by atoms with Crippen LogP contribution in [0, 0.1) is 0 Å². The van der Waals surface area contributed by atoms with Crippen molar-refractivity contribution in [2.24, 2.45) is 0 Å². The zero-order valence-electron chi connectivity index (χ0n) is 38.6. The van der Waals surface area contributed by atoms with Crippen LogP contribution in [0.5, 0.6) is 0 Å². The normalized spacial score (nSPS) is 14.7. The van der Waals surface area contributed by atoms with Crippen LogP contribution >= 0.6 is 0 Å². The number of fused-ring (bicyclic) bond motifs is 12. The summed E-state index contributed by atoms with van der Waals surface area (Å²) in [5.41, 5.74) is 21.7. The molecule has 2 heteroatoms. The second kappa shape index (κ2) is 15.9. The fourth-order valence-electron chi connectivity index (χ4n) is 12.6. The highest BCUT2D eigenvalue weighted by Crippen LogP contribution is 2.65. The molecule has 11 aromatic rings. The number of benzene rings is 10. The van der Waals surface area contributed by atoms with Crippen molar-refractivity contribution in [3.8, 4) is 22.3 Å². The van der Waals surface area contributed by atoms with Crippen LogP contribution in [-0.4, -0.2) is 0 Å². The Hall–Kier alpha value is -8.72. The monoisotopic (exact) mass is 893 g/mol. The summed E-state index contributed by atoms with van der Waals surface area (Å²) in [4.78, 5) is 2.45. The number of allylic oxidation sites excluding steroid dienone is 4. The molecule has 0 N–H and O–H groups in total. The molecular formula is C68H47NO. The van der Waals surface area contributed by atoms with Crippen LogP contribution in [0.2, 0.25) is 0 Å². The molecule has 3 aliphatic carbocycles. The summed E-state index contributed by atoms with van der Waals surface area (Å²) in [6.07, 6.45) is 8.82. The molecule has 2 nitrogen and oxygen atoms in total. The SMILES string of the molecule is C1=CCCC(c2ccc(N(c3ccc(-c4cccc5oc6ccccc6c45)cc3)c3ccc4c(c3)C3(c5ccccc5-4)c4ccccc4C(c4ccccc4)(c4ccccc4)c4ccccc43)cc2)=C1. The lowest BCUT2D eigenvalue weighted by Crippen LogP contribution is -2.44. The number of hydrogen-bond acceptors (Lipinski definition) is 2. The fraction of sp³-hybridized carbons (Fsp3) is 0.0588. The van der Waals surface area contributed by atoms with Gasteiger partial charge in [-0.25, -0.2) is 0 Å². The summed E-state index contributed by atoms with van der Waals surface area (Å²) in [7, 11) is 0. The van der Waals surface area contributed by atoms with Gasteiger partial charge in [-0.05, 0) is 139 Å². The highest BCUT2D eigenvalue weighted by molar-refractivity contribution is 6.12. The molecule has 14 rings (SSSR count). The third kappa shape index (κ3) is 5.80. The van der Waals surface area contributed by atoms with E-state index in [2.05, 4.69) is 260 Å². The van der Waals surface area contributed by atoms with Crippen molar-refractivity contribution in [2.75, 3.05) is 4.90 Å². The fourth-order valence-corrected chi connectivity index (χ4v) is 12.6. The number of furan rings is 1. The number of para-hydroxylation sites is 1. The van der Waals surface area contributed by atoms with Gasteiger partial charge >= 0.3 is 0 Å². The van der Waals surface area contributed by atoms with Crippen molar-refractivity contribution in [3.63, 3.8) is 0 Å². The number of nitrogens with zero attached hydrogens (tertiary/aromatic N) is 1. The highest BCUT2D eigenvalue weighted by atomic mass is 16.3. The van der Waals surface area contributed by atoms with Crippen LogP contribution in [0.1, 0.15) is 62.9 Å². The van der Waals surface area contributed by atoms with E-state index < -0.39 is 10.8 Å². The Bertz CT molecular complexity index is 3790. The van der Waals surface area contributed by atoms with Gasteiger partial charge in [0.25, 0.3) is 0 Å². The lowest BCUT2D eigenvalue weighted by Gasteiger charge is -2.50. The Kier molecular flexibility index (Phi) is 9.19. The van der Waals surface area contributed by atoms with Crippen molar-refractivity contribution < 1.29 is 4.42 Å². The molecule has 1 spiro atoms. The van der Waals surface area contributed by atoms with Crippen LogP contribution in [0.15, 0.2) is 265 Å². The maximum absolute atomic E-state index is 6.34. The van der Waals surface area contributed by atoms with Gasteiger partial charge in [-0.1, -0.05) is 212 Å². The molecule has 3 aliphatic rings. The topological polar surface area (TPSA) is 16.4 Å². The van der Waals surface area contributed by atoms with Gasteiger partial charge in [0.1, 0.15) is 11.2 Å². The zero-order chi connectivity index (χ0) is 46.2. The summed E-state index contributed by atoms with van der Waals surface area (Å²) in [5, 5.41) is 2.27. The minimum atomic E-state index is -0.616. The molecule has 1 heterocycles. The van der Waals surface area contributed by atoms with E-state index in [1.54, 1.807) is 0 Å². The van der Waals surface area contributed by atoms with Gasteiger partial charge in [-0.15, -0.1) is 0 Å². The van der Waals surface area contributed by atoms with E-state index in [1.807, 2.05) is 6.07 Å². The first-order chi connectivity index (χ1) is 34.7. The first-order valence-electron chi connectivity index (χ1n) is 24.6. The number of rotatable bonds is 7. The van der Waals surface area contributed by atoms with E-state index in [4.69, 9.17) is 4.42 Å². The Balaban J connectivity index is 1.000. The van der Waals surface area contributed by atoms with E-state index in [0.717, 1.165) is 63.0 Å². The van der Waals surface area contributed by atoms with Gasteiger partial charge < -0.3 is 9.32 Å². The van der Waals surface area contributed by atoms with Crippen LogP contribution in [0.4, 0.5) is 17.1 Å². The molecule has 0 atom stereocenters. The smallest absolute Gasteiger partial charge is 0.136 e. The Morgan fingerprint density at radius 1 is 0.371 bits per heavy atom. The molecule has 10 aromatic carbocycles. The zero-order valence-corrected chi connectivity index (χ0v) is 38.6. The van der Waals surface area contributed by atoms with Gasteiger partial charge in [-0.2, -0.15) is 0 Å². The van der Waals surface area contributed by atoms with Crippen molar-refractivity contribution in [2.45, 2.75) is 23.7 Å². The van der Waals surface area contributed by atoms with Crippen molar-refractivity contribution >= 4 is 44.6 Å². The predicted octanol–water partition coefficient (Wildman–Crippen LogP) is 17.5. The van der Waals surface area contributed by atoms with E-state index >= 15 is 0 Å². The molecule has 1 aromatic heterocycles. The summed E-state index contributed by atoms with van der Waals surface area (Å²) in [5.74, 6) is 0. The minimum absolute atomic E-state index is 0.567. The molecule has 330 valence electrons. The summed E-state index contributed by atoms with van der Waals surface area (Å²) >= 11 is 0. The Morgan fingerprint density at radius 3 is 1.53 bits per heavy atom. The maximum Gasteiger partial charge on any atom is 0.136 e. The summed E-state index contributed by atoms with van der Waals surface area (Å²) in [6, 6.07) is 90.4. The lowest BCUT2D eigenvalue weighted by molar-refractivity contribution is 0.623. The van der Waals surface area contributed by atoms with Gasteiger partial charge in [0.2, 0.25) is 0 Å². The second-order valence-corrected chi connectivity index (χ2v) is 19.0. The Morgan fingerprint density at radius 2 is 0.886 bits per heavy atom. The third-order valence-electron chi connectivity index (χ3n) is 15.5. The van der Waals surface area contributed by atoms with Gasteiger partial charge in [0.15, 0.2) is 0 Å². The van der Waals surface area contributed by atoms with Crippen molar-refractivity contribution in [1.82, 2.24) is 0 Å². The van der Waals surface area contributed by atoms with E-state index in [1.165, 1.54) is 66.8 Å². The van der Waals surface area contributed by atoms with Crippen LogP contribution < -0.4 is 4.90 Å². The average molecular weight is 894 g/mol. The number of anilines is 3. The van der Waals surface area contributed by atoms with Crippen LogP contribution in [0.25, 0.3) is 49.8 Å². The summed E-state index contributed by atoms with van der Waals surface area (Å²) < 4.78 is 6.34. The van der Waals surface area contributed by atoms with Crippen LogP contribution in [-0.2, 0) is 10.8 Å². The maximum atomic E-state index is 6.34. The largest absolute Gasteiger partial charge is 0.456 e. The minimum Gasteiger partial charge on any atom is -0.456 e. The van der Waals surface area contributed by atoms with Gasteiger partial charge in [0.05, 0.1) is 10.8 Å². The van der Waals surface area contributed by atoms with Gasteiger partial charge in [-0.3, -0.25) is 0 Å². The molecule has 0 amide bonds. The molecule has 0 fully saturated rings. The van der Waals surface area contributed by atoms with Crippen molar-refractivity contribution in [1.29, 1.82) is 0 Å². The average Bonchev–Trinajstić information content (AvgIpc) is 3.97. The van der Waals surface area contributed by atoms with Crippen molar-refractivity contribution in [3.05, 3.63) is 311 Å². The predicted molar refractivity (Wildman–Crippen MR) is 289 cm³/mol. The molecule has 0 unspecified atom stereocenters. The van der Waals surface area contributed by atoms with E-state index in [-0.39, 0.29) is 0 Å². The number of hydrogen-bond donors (Lipinski definition) is 0. The van der Waals surface area contributed by atoms with E-state index in [0.29, 0.717) is 0 Å². The van der Waals surface area contributed by atoms with E-state index in [9.17, 15) is 0 Å². The Labute approximate surface area is 408 Å². The first kappa shape index (κ1) is 40.4. The summed E-state index contributed by atoms with van der Waals surface area (Å²) in [6.45, 7) is 0. The molecular weight excluding hydrogens is 847 g/mol. The first-order valence-corrected chi connectivity index (χ1v) is 24.6. The molecule has 0 saturated carbocycles. The quantitative estimate of drug-likeness (QED) is 0.158. The highest BCUT2D eigenvalue weighted by Gasteiger charge is 2.56. The molecule has 70 heavy (non-hydrogen) atoms. The molecule has 0 aliphatic heterocycles. The lowest BCUT2D eigenvalue weighted by atomic mass is 9.51. The molecule has 0 radical (unpaired) electrons. The molecule has 0 bridgehead atoms. The van der Waals surface area contributed by atoms with Crippen LogP contribution in [0.3, 0.4) is 0 Å². The standard InChI is InChI=1S/C68H47NO/c1-4-19-46(20-5-1)47-35-39-51(40-36-47)69(52-41-37-48(38-42-52)54-27-18-34-65-66(54)57-26-11-17-33-64(57)70-65)53-43-44-56-55-25-10-12-28-58(55)68(63(56)45-53)61-31-15-13-29-59(61)67(49-21-6-2-7-22-49,50-23-8-3-9-24-50)60-30-14-16-32-62(60)68/h1-4,6-19,21-45H,5,20H2. The third-order valence-corrected chi connectivity index (χ3v) is 15.5. The molecule has 0 saturated heterocycles. The van der Waals surface area contributed by atoms with Gasteiger partial charge in [0, 0.05) is 27.8 Å². The second-order valence-electron chi connectivity index (χ2n) is 19.0.